The van der Waals surface area contributed by atoms with Crippen molar-refractivity contribution in [3.63, 3.8) is 0 Å². The lowest BCUT2D eigenvalue weighted by Crippen LogP contribution is -2.22. The molecule has 5 heteroatoms. The number of hydrogen-bond donors (Lipinski definition) is 1. The van der Waals surface area contributed by atoms with Gasteiger partial charge in [0.05, 0.1) is 11.2 Å². The zero-order valence-corrected chi connectivity index (χ0v) is 9.65. The molecule has 0 amide bonds. The Balaban J connectivity index is 3.09. The molecule has 1 N–H and O–H groups in total. The molecule has 0 radical (unpaired) electrons. The molecule has 1 nitrogen and oxygen atoms in total. The largest absolute Gasteiger partial charge is 0.416 e. The maximum absolute atomic E-state index is 12.5. The molecule has 16 heavy (non-hydrogen) atoms. The van der Waals surface area contributed by atoms with Crippen molar-refractivity contribution in [3.05, 3.63) is 34.3 Å². The first-order valence-corrected chi connectivity index (χ1v) is 5.05. The van der Waals surface area contributed by atoms with Crippen molar-refractivity contribution in [1.82, 2.24) is 0 Å². The van der Waals surface area contributed by atoms with E-state index in [9.17, 15) is 18.3 Å². The fourth-order valence-corrected chi connectivity index (χ4v) is 1.67. The molecule has 0 fully saturated rings. The van der Waals surface area contributed by atoms with Crippen LogP contribution < -0.4 is 0 Å². The Labute approximate surface area is 96.9 Å². The van der Waals surface area contributed by atoms with Gasteiger partial charge in [-0.25, -0.2) is 0 Å². The van der Waals surface area contributed by atoms with Crippen LogP contribution in [0.15, 0.2) is 18.2 Å². The summed E-state index contributed by atoms with van der Waals surface area (Å²) in [5.41, 5.74) is -1.49. The summed E-state index contributed by atoms with van der Waals surface area (Å²) in [5.74, 6) is 0. The van der Waals surface area contributed by atoms with Crippen molar-refractivity contribution < 1.29 is 18.3 Å². The number of hydrogen-bond acceptors (Lipinski definition) is 1. The fraction of sp³-hybridized carbons (Fsp3) is 0.455. The average molecular weight is 253 g/mol. The highest BCUT2D eigenvalue weighted by molar-refractivity contribution is 6.30. The van der Waals surface area contributed by atoms with Gasteiger partial charge in [-0.1, -0.05) is 11.6 Å². The van der Waals surface area contributed by atoms with Crippen LogP contribution >= 0.6 is 11.6 Å². The van der Waals surface area contributed by atoms with E-state index in [0.29, 0.717) is 5.56 Å². The Morgan fingerprint density at radius 3 is 2.19 bits per heavy atom. The molecule has 1 rings (SSSR count). The highest BCUT2D eigenvalue weighted by Gasteiger charge is 2.31. The van der Waals surface area contributed by atoms with E-state index >= 15 is 0 Å². The SMILES string of the molecule is CC(C)(O)Cc1cc(Cl)cc(C(F)(F)F)c1. The minimum absolute atomic E-state index is 0.0223. The Hall–Kier alpha value is -0.740. The zero-order chi connectivity index (χ0) is 12.6. The molecule has 1 aromatic rings. The van der Waals surface area contributed by atoms with Gasteiger partial charge in [-0.05, 0) is 37.6 Å². The number of benzene rings is 1. The maximum Gasteiger partial charge on any atom is 0.416 e. The Morgan fingerprint density at radius 1 is 1.19 bits per heavy atom. The number of alkyl halides is 3. The summed E-state index contributed by atoms with van der Waals surface area (Å²) in [5, 5.41) is 9.55. The van der Waals surface area contributed by atoms with Gasteiger partial charge in [0, 0.05) is 11.4 Å². The lowest BCUT2D eigenvalue weighted by molar-refractivity contribution is -0.137. The van der Waals surface area contributed by atoms with E-state index in [-0.39, 0.29) is 11.4 Å². The van der Waals surface area contributed by atoms with Gasteiger partial charge in [0.2, 0.25) is 0 Å². The van der Waals surface area contributed by atoms with Crippen LogP contribution in [0.2, 0.25) is 5.02 Å². The molecule has 0 saturated heterocycles. The van der Waals surface area contributed by atoms with E-state index in [1.54, 1.807) is 0 Å². The van der Waals surface area contributed by atoms with E-state index in [1.165, 1.54) is 19.9 Å². The van der Waals surface area contributed by atoms with Gasteiger partial charge in [0.15, 0.2) is 0 Å². The lowest BCUT2D eigenvalue weighted by atomic mass is 9.97. The first kappa shape index (κ1) is 13.3. The molecule has 90 valence electrons. The molecule has 0 aromatic heterocycles. The van der Waals surface area contributed by atoms with E-state index in [1.807, 2.05) is 0 Å². The molecule has 0 saturated carbocycles. The Kier molecular flexibility index (Phi) is 3.55. The predicted octanol–water partition coefficient (Wildman–Crippen LogP) is 3.67. The number of rotatable bonds is 2. The highest BCUT2D eigenvalue weighted by atomic mass is 35.5. The summed E-state index contributed by atoms with van der Waals surface area (Å²) >= 11 is 5.60. The van der Waals surface area contributed by atoms with E-state index < -0.39 is 17.3 Å². The minimum atomic E-state index is -4.42. The quantitative estimate of drug-likeness (QED) is 0.851. The van der Waals surface area contributed by atoms with Gasteiger partial charge in [-0.3, -0.25) is 0 Å². The van der Waals surface area contributed by atoms with Crippen LogP contribution in [0.5, 0.6) is 0 Å². The Morgan fingerprint density at radius 2 is 1.75 bits per heavy atom. The van der Waals surface area contributed by atoms with Crippen molar-refractivity contribution >= 4 is 11.6 Å². The lowest BCUT2D eigenvalue weighted by Gasteiger charge is -2.18. The summed E-state index contributed by atoms with van der Waals surface area (Å²) < 4.78 is 37.4. The van der Waals surface area contributed by atoms with Gasteiger partial charge in [-0.15, -0.1) is 0 Å². The van der Waals surface area contributed by atoms with Crippen molar-refractivity contribution in [2.24, 2.45) is 0 Å². The van der Waals surface area contributed by atoms with Crippen molar-refractivity contribution in [2.75, 3.05) is 0 Å². The predicted molar refractivity (Wildman–Crippen MR) is 56.5 cm³/mol. The average Bonchev–Trinajstić information content (AvgIpc) is 1.97. The first-order chi connectivity index (χ1) is 7.08. The normalized spacial score (nSPS) is 12.9. The molecule has 0 unspecified atom stereocenters. The molecule has 0 atom stereocenters. The van der Waals surface area contributed by atoms with Gasteiger partial charge < -0.3 is 5.11 Å². The van der Waals surface area contributed by atoms with Crippen LogP contribution in [-0.4, -0.2) is 10.7 Å². The summed E-state index contributed by atoms with van der Waals surface area (Å²) in [6.45, 7) is 3.06. The molecular formula is C11H12ClF3O. The van der Waals surface area contributed by atoms with Gasteiger partial charge in [-0.2, -0.15) is 13.2 Å². The van der Waals surface area contributed by atoms with Gasteiger partial charge in [0.25, 0.3) is 0 Å². The zero-order valence-electron chi connectivity index (χ0n) is 8.90. The second-order valence-corrected chi connectivity index (χ2v) is 4.77. The molecule has 0 aliphatic rings. The topological polar surface area (TPSA) is 20.2 Å². The van der Waals surface area contributed by atoms with E-state index in [4.69, 9.17) is 11.6 Å². The third-order valence-corrected chi connectivity index (χ3v) is 2.14. The Bertz CT molecular complexity index is 380. The highest BCUT2D eigenvalue weighted by Crippen LogP contribution is 2.32. The molecule has 0 aliphatic carbocycles. The van der Waals surface area contributed by atoms with Gasteiger partial charge in [0.1, 0.15) is 0 Å². The first-order valence-electron chi connectivity index (χ1n) is 4.67. The number of halogens is 4. The summed E-state index contributed by atoms with van der Waals surface area (Å²) in [6, 6.07) is 3.30. The second kappa shape index (κ2) is 4.26. The summed E-state index contributed by atoms with van der Waals surface area (Å²) in [7, 11) is 0. The molecule has 0 spiro atoms. The molecule has 0 aliphatic heterocycles. The van der Waals surface area contributed by atoms with Crippen LogP contribution in [-0.2, 0) is 12.6 Å². The van der Waals surface area contributed by atoms with E-state index in [2.05, 4.69) is 0 Å². The third kappa shape index (κ3) is 4.02. The molecular weight excluding hydrogens is 241 g/mol. The van der Waals surface area contributed by atoms with Crippen LogP contribution in [0.25, 0.3) is 0 Å². The molecule has 0 bridgehead atoms. The second-order valence-electron chi connectivity index (χ2n) is 4.34. The molecule has 1 aromatic carbocycles. The van der Waals surface area contributed by atoms with Crippen LogP contribution in [0.1, 0.15) is 25.0 Å². The molecule has 0 heterocycles. The maximum atomic E-state index is 12.5. The minimum Gasteiger partial charge on any atom is -0.390 e. The van der Waals surface area contributed by atoms with Crippen LogP contribution in [0, 0.1) is 0 Å². The standard InChI is InChI=1S/C11H12ClF3O/c1-10(2,16)6-7-3-8(11(13,14)15)5-9(12)4-7/h3-5,16H,6H2,1-2H3. The smallest absolute Gasteiger partial charge is 0.390 e. The van der Waals surface area contributed by atoms with Crippen molar-refractivity contribution in [2.45, 2.75) is 32.0 Å². The fourth-order valence-electron chi connectivity index (χ4n) is 1.42. The van der Waals surface area contributed by atoms with E-state index in [0.717, 1.165) is 12.1 Å². The van der Waals surface area contributed by atoms with Crippen molar-refractivity contribution in [3.8, 4) is 0 Å². The van der Waals surface area contributed by atoms with Gasteiger partial charge >= 0.3 is 6.18 Å². The van der Waals surface area contributed by atoms with Crippen LogP contribution in [0.3, 0.4) is 0 Å². The summed E-state index contributed by atoms with van der Waals surface area (Å²) in [4.78, 5) is 0. The third-order valence-electron chi connectivity index (χ3n) is 1.92. The summed E-state index contributed by atoms with van der Waals surface area (Å²) in [6.07, 6.45) is -4.30. The monoisotopic (exact) mass is 252 g/mol. The van der Waals surface area contributed by atoms with Crippen molar-refractivity contribution in [1.29, 1.82) is 0 Å². The number of aliphatic hydroxyl groups is 1. The van der Waals surface area contributed by atoms with Crippen LogP contribution in [0.4, 0.5) is 13.2 Å².